The highest BCUT2D eigenvalue weighted by atomic mass is 19.4. The fourth-order valence-electron chi connectivity index (χ4n) is 0.992. The highest BCUT2D eigenvalue weighted by Crippen LogP contribution is 2.29. The molecule has 1 rings (SSSR count). The molecule has 1 nitrogen and oxygen atoms in total. The normalized spacial score (nSPS) is 11.3. The maximum Gasteiger partial charge on any atom is 0.416 e. The molecule has 0 spiro atoms. The highest BCUT2D eigenvalue weighted by Gasteiger charge is 2.30. The predicted octanol–water partition coefficient (Wildman–Crippen LogP) is 2.90. The zero-order chi connectivity index (χ0) is 9.90. The smallest absolute Gasteiger partial charge is 0.313 e. The van der Waals surface area contributed by atoms with E-state index in [-0.39, 0.29) is 6.42 Å². The molecule has 1 aromatic carbocycles. The molecule has 0 fully saturated rings. The van der Waals surface area contributed by atoms with Crippen LogP contribution in [0, 0.1) is 5.41 Å². The lowest BCUT2D eigenvalue weighted by molar-refractivity contribution is -0.137. The molecule has 1 N–H and O–H groups in total. The van der Waals surface area contributed by atoms with Crippen molar-refractivity contribution in [2.45, 2.75) is 12.6 Å². The van der Waals surface area contributed by atoms with Crippen LogP contribution < -0.4 is 0 Å². The second-order valence-electron chi connectivity index (χ2n) is 2.61. The van der Waals surface area contributed by atoms with E-state index in [0.717, 1.165) is 18.3 Å². The summed E-state index contributed by atoms with van der Waals surface area (Å²) in [6.45, 7) is 0. The topological polar surface area (TPSA) is 23.9 Å². The summed E-state index contributed by atoms with van der Waals surface area (Å²) in [6, 6.07) is 5.00. The van der Waals surface area contributed by atoms with Gasteiger partial charge in [0.1, 0.15) is 0 Å². The number of hydrogen-bond donors (Lipinski definition) is 1. The lowest BCUT2D eigenvalue weighted by Crippen LogP contribution is -2.05. The fraction of sp³-hybridized carbons (Fsp3) is 0.222. The standard InChI is InChI=1S/C9H8F3N/c10-9(11,12)8-3-1-2-7(6-8)4-5-13/h1-3,5-6,13H,4H2. The molecule has 0 amide bonds. The first kappa shape index (κ1) is 9.77. The minimum absolute atomic E-state index is 0.240. The number of halogens is 3. The molecule has 0 aliphatic carbocycles. The largest absolute Gasteiger partial charge is 0.416 e. The van der Waals surface area contributed by atoms with E-state index in [1.165, 1.54) is 6.07 Å². The van der Waals surface area contributed by atoms with Crippen molar-refractivity contribution in [1.29, 1.82) is 5.41 Å². The first-order valence-electron chi connectivity index (χ1n) is 3.69. The average molecular weight is 187 g/mol. The van der Waals surface area contributed by atoms with Gasteiger partial charge in [-0.15, -0.1) is 0 Å². The number of hydrogen-bond acceptors (Lipinski definition) is 1. The third kappa shape index (κ3) is 2.57. The lowest BCUT2D eigenvalue weighted by Gasteiger charge is -2.07. The van der Waals surface area contributed by atoms with E-state index in [4.69, 9.17) is 5.41 Å². The molecule has 4 heteroatoms. The maximum atomic E-state index is 12.2. The summed E-state index contributed by atoms with van der Waals surface area (Å²) in [5.74, 6) is 0. The molecule has 0 unspecified atom stereocenters. The van der Waals surface area contributed by atoms with Gasteiger partial charge in [0.2, 0.25) is 0 Å². The van der Waals surface area contributed by atoms with Crippen LogP contribution in [0.3, 0.4) is 0 Å². The van der Waals surface area contributed by atoms with Gasteiger partial charge in [0.25, 0.3) is 0 Å². The monoisotopic (exact) mass is 187 g/mol. The summed E-state index contributed by atoms with van der Waals surface area (Å²) in [6.07, 6.45) is -2.97. The van der Waals surface area contributed by atoms with Crippen molar-refractivity contribution in [1.82, 2.24) is 0 Å². The number of nitrogens with one attached hydrogen (secondary N) is 1. The quantitative estimate of drug-likeness (QED) is 0.688. The second kappa shape index (κ2) is 3.60. The van der Waals surface area contributed by atoms with E-state index >= 15 is 0 Å². The molecule has 70 valence electrons. The molecule has 0 radical (unpaired) electrons. The van der Waals surface area contributed by atoms with Crippen LogP contribution in [0.5, 0.6) is 0 Å². The van der Waals surface area contributed by atoms with Gasteiger partial charge < -0.3 is 5.41 Å². The summed E-state index contributed by atoms with van der Waals surface area (Å²) >= 11 is 0. The Hall–Kier alpha value is -1.32. The Bertz CT molecular complexity index is 304. The summed E-state index contributed by atoms with van der Waals surface area (Å²) in [7, 11) is 0. The predicted molar refractivity (Wildman–Crippen MR) is 43.9 cm³/mol. The third-order valence-electron chi connectivity index (χ3n) is 1.59. The van der Waals surface area contributed by atoms with Gasteiger partial charge in [0.15, 0.2) is 0 Å². The van der Waals surface area contributed by atoms with Gasteiger partial charge in [0, 0.05) is 6.42 Å². The van der Waals surface area contributed by atoms with E-state index in [2.05, 4.69) is 0 Å². The lowest BCUT2D eigenvalue weighted by atomic mass is 10.1. The van der Waals surface area contributed by atoms with Crippen LogP contribution in [0.1, 0.15) is 11.1 Å². The molecule has 0 aliphatic rings. The van der Waals surface area contributed by atoms with Crippen molar-refractivity contribution in [2.75, 3.05) is 0 Å². The van der Waals surface area contributed by atoms with Gasteiger partial charge in [-0.1, -0.05) is 18.2 Å². The van der Waals surface area contributed by atoms with E-state index in [0.29, 0.717) is 5.56 Å². The highest BCUT2D eigenvalue weighted by molar-refractivity contribution is 5.58. The number of alkyl halides is 3. The Kier molecular flexibility index (Phi) is 2.70. The molecule has 13 heavy (non-hydrogen) atoms. The minimum atomic E-state index is -4.29. The molecule has 0 aliphatic heterocycles. The van der Waals surface area contributed by atoms with E-state index in [9.17, 15) is 13.2 Å². The SMILES string of the molecule is N=CCc1cccc(C(F)(F)F)c1. The van der Waals surface area contributed by atoms with E-state index in [1.54, 1.807) is 6.07 Å². The molecule has 1 aromatic rings. The Labute approximate surface area is 73.7 Å². The van der Waals surface area contributed by atoms with Crippen molar-refractivity contribution in [3.8, 4) is 0 Å². The van der Waals surface area contributed by atoms with Crippen molar-refractivity contribution < 1.29 is 13.2 Å². The zero-order valence-corrected chi connectivity index (χ0v) is 6.73. The van der Waals surface area contributed by atoms with Crippen LogP contribution in [0.25, 0.3) is 0 Å². The number of rotatable bonds is 2. The number of benzene rings is 1. The van der Waals surface area contributed by atoms with Crippen LogP contribution in [-0.4, -0.2) is 6.21 Å². The van der Waals surface area contributed by atoms with Crippen LogP contribution in [-0.2, 0) is 12.6 Å². The fourth-order valence-corrected chi connectivity index (χ4v) is 0.992. The van der Waals surface area contributed by atoms with Gasteiger partial charge in [-0.2, -0.15) is 13.2 Å². The Morgan fingerprint density at radius 2 is 2.00 bits per heavy atom. The van der Waals surface area contributed by atoms with Crippen molar-refractivity contribution in [3.63, 3.8) is 0 Å². The summed E-state index contributed by atoms with van der Waals surface area (Å²) in [5.41, 5.74) is -0.156. The third-order valence-corrected chi connectivity index (χ3v) is 1.59. The van der Waals surface area contributed by atoms with E-state index in [1.807, 2.05) is 0 Å². The van der Waals surface area contributed by atoms with Crippen LogP contribution in [0.4, 0.5) is 13.2 Å². The molecule has 0 atom stereocenters. The summed E-state index contributed by atoms with van der Waals surface area (Å²) in [4.78, 5) is 0. The van der Waals surface area contributed by atoms with Gasteiger partial charge in [0.05, 0.1) is 5.56 Å². The summed E-state index contributed by atoms with van der Waals surface area (Å²) in [5, 5.41) is 6.76. The van der Waals surface area contributed by atoms with Crippen LogP contribution >= 0.6 is 0 Å². The molecule has 0 saturated carbocycles. The van der Waals surface area contributed by atoms with Gasteiger partial charge in [-0.05, 0) is 17.8 Å². The van der Waals surface area contributed by atoms with Crippen molar-refractivity contribution >= 4 is 6.21 Å². The van der Waals surface area contributed by atoms with Crippen LogP contribution in [0.2, 0.25) is 0 Å². The average Bonchev–Trinajstić information content (AvgIpc) is 2.04. The molecular weight excluding hydrogens is 179 g/mol. The Morgan fingerprint density at radius 3 is 2.54 bits per heavy atom. The van der Waals surface area contributed by atoms with Gasteiger partial charge in [-0.25, -0.2) is 0 Å². The molecule has 0 saturated heterocycles. The first-order chi connectivity index (χ1) is 6.04. The molecule has 0 bridgehead atoms. The Morgan fingerprint density at radius 1 is 1.31 bits per heavy atom. The van der Waals surface area contributed by atoms with Crippen molar-refractivity contribution in [2.24, 2.45) is 0 Å². The first-order valence-corrected chi connectivity index (χ1v) is 3.69. The van der Waals surface area contributed by atoms with Gasteiger partial charge >= 0.3 is 6.18 Å². The molecule has 0 heterocycles. The Balaban J connectivity index is 2.98. The second-order valence-corrected chi connectivity index (χ2v) is 2.61. The van der Waals surface area contributed by atoms with E-state index < -0.39 is 11.7 Å². The molecular formula is C9H8F3N. The van der Waals surface area contributed by atoms with Crippen molar-refractivity contribution in [3.05, 3.63) is 35.4 Å². The summed E-state index contributed by atoms with van der Waals surface area (Å²) < 4.78 is 36.5. The minimum Gasteiger partial charge on any atom is -0.313 e. The maximum absolute atomic E-state index is 12.2. The van der Waals surface area contributed by atoms with Gasteiger partial charge in [-0.3, -0.25) is 0 Å². The molecule has 0 aromatic heterocycles. The zero-order valence-electron chi connectivity index (χ0n) is 6.73. The van der Waals surface area contributed by atoms with Crippen LogP contribution in [0.15, 0.2) is 24.3 Å².